The van der Waals surface area contributed by atoms with Gasteiger partial charge in [-0.1, -0.05) is 84.1 Å². The molecule has 1 aliphatic heterocycles. The van der Waals surface area contributed by atoms with E-state index < -0.39 is 0 Å². The first-order valence-electron chi connectivity index (χ1n) is 10.0. The molecule has 0 aromatic heterocycles. The summed E-state index contributed by atoms with van der Waals surface area (Å²) in [5, 5.41) is 0. The SMILES string of the molecule is Cc1ccc(COc2ccc(/C=C3\SC(=S)N(c4c(C)cccc4C)C3=O)cc2)cc1. The van der Waals surface area contributed by atoms with Crippen molar-refractivity contribution < 1.29 is 9.53 Å². The van der Waals surface area contributed by atoms with Crippen molar-refractivity contribution in [3.05, 3.63) is 99.5 Å². The fraction of sp³-hybridized carbons (Fsp3) is 0.154. The number of rotatable bonds is 5. The third-order valence-electron chi connectivity index (χ3n) is 5.16. The number of thioether (sulfide) groups is 1. The van der Waals surface area contributed by atoms with E-state index in [2.05, 4.69) is 31.2 Å². The number of nitrogens with zero attached hydrogens (tertiary/aromatic N) is 1. The highest BCUT2D eigenvalue weighted by atomic mass is 32.2. The van der Waals surface area contributed by atoms with Crippen molar-refractivity contribution in [2.24, 2.45) is 0 Å². The zero-order chi connectivity index (χ0) is 22.0. The minimum atomic E-state index is -0.0768. The van der Waals surface area contributed by atoms with Gasteiger partial charge in [-0.3, -0.25) is 9.69 Å². The predicted octanol–water partition coefficient (Wildman–Crippen LogP) is 6.60. The molecule has 3 nitrogen and oxygen atoms in total. The molecule has 1 fully saturated rings. The van der Waals surface area contributed by atoms with Crippen LogP contribution in [-0.4, -0.2) is 10.2 Å². The molecule has 156 valence electrons. The van der Waals surface area contributed by atoms with Crippen molar-refractivity contribution in [3.8, 4) is 5.75 Å². The van der Waals surface area contributed by atoms with Crippen LogP contribution in [-0.2, 0) is 11.4 Å². The lowest BCUT2D eigenvalue weighted by molar-refractivity contribution is -0.113. The van der Waals surface area contributed by atoms with Crippen LogP contribution in [0, 0.1) is 20.8 Å². The highest BCUT2D eigenvalue weighted by Crippen LogP contribution is 2.38. The first-order chi connectivity index (χ1) is 14.9. The van der Waals surface area contributed by atoms with Crippen molar-refractivity contribution in [1.82, 2.24) is 0 Å². The van der Waals surface area contributed by atoms with Crippen molar-refractivity contribution in [3.63, 3.8) is 0 Å². The molecule has 3 aromatic rings. The summed E-state index contributed by atoms with van der Waals surface area (Å²) in [5.74, 6) is 0.716. The molecule has 1 heterocycles. The van der Waals surface area contributed by atoms with Gasteiger partial charge in [-0.05, 0) is 61.2 Å². The summed E-state index contributed by atoms with van der Waals surface area (Å²) in [6.45, 7) is 6.59. The number of anilines is 1. The molecule has 31 heavy (non-hydrogen) atoms. The molecule has 1 aliphatic rings. The first-order valence-corrected chi connectivity index (χ1v) is 11.3. The second kappa shape index (κ2) is 9.08. The Morgan fingerprint density at radius 3 is 2.23 bits per heavy atom. The number of amides is 1. The molecule has 0 aliphatic carbocycles. The minimum Gasteiger partial charge on any atom is -0.489 e. The highest BCUT2D eigenvalue weighted by Gasteiger charge is 2.34. The van der Waals surface area contributed by atoms with Gasteiger partial charge in [-0.25, -0.2) is 0 Å². The van der Waals surface area contributed by atoms with E-state index in [1.165, 1.54) is 17.3 Å². The number of hydrogen-bond donors (Lipinski definition) is 0. The van der Waals surface area contributed by atoms with E-state index in [9.17, 15) is 4.79 Å². The molecular weight excluding hydrogens is 422 g/mol. The fourth-order valence-corrected chi connectivity index (χ4v) is 4.75. The van der Waals surface area contributed by atoms with Gasteiger partial charge in [0.1, 0.15) is 12.4 Å². The summed E-state index contributed by atoms with van der Waals surface area (Å²) in [6, 6.07) is 22.0. The molecule has 0 unspecified atom stereocenters. The average molecular weight is 446 g/mol. The van der Waals surface area contributed by atoms with Crippen LogP contribution in [0.2, 0.25) is 0 Å². The van der Waals surface area contributed by atoms with Crippen LogP contribution in [0.3, 0.4) is 0 Å². The Labute approximate surface area is 192 Å². The van der Waals surface area contributed by atoms with Gasteiger partial charge in [0.25, 0.3) is 5.91 Å². The molecule has 3 aromatic carbocycles. The summed E-state index contributed by atoms with van der Waals surface area (Å²) in [6.07, 6.45) is 1.89. The van der Waals surface area contributed by atoms with E-state index in [4.69, 9.17) is 17.0 Å². The number of thiocarbonyl (C=S) groups is 1. The maximum absolute atomic E-state index is 13.1. The maximum atomic E-state index is 13.1. The van der Waals surface area contributed by atoms with Crippen LogP contribution in [0.25, 0.3) is 6.08 Å². The summed E-state index contributed by atoms with van der Waals surface area (Å²) in [4.78, 5) is 15.4. The van der Waals surface area contributed by atoms with Crippen LogP contribution >= 0.6 is 24.0 Å². The summed E-state index contributed by atoms with van der Waals surface area (Å²) >= 11 is 6.87. The topological polar surface area (TPSA) is 29.5 Å². The Hall–Kier alpha value is -2.89. The van der Waals surface area contributed by atoms with Crippen LogP contribution in [0.1, 0.15) is 27.8 Å². The summed E-state index contributed by atoms with van der Waals surface area (Å²) in [7, 11) is 0. The van der Waals surface area contributed by atoms with Gasteiger partial charge in [-0.15, -0.1) is 0 Å². The third kappa shape index (κ3) is 4.73. The normalized spacial score (nSPS) is 15.1. The molecule has 1 saturated heterocycles. The average Bonchev–Trinajstić information content (AvgIpc) is 3.02. The number of ether oxygens (including phenoxy) is 1. The van der Waals surface area contributed by atoms with Gasteiger partial charge in [0.05, 0.1) is 10.6 Å². The van der Waals surface area contributed by atoms with E-state index in [1.54, 1.807) is 4.90 Å². The van der Waals surface area contributed by atoms with Gasteiger partial charge in [0, 0.05) is 0 Å². The standard InChI is InChI=1S/C26H23NO2S2/c1-17-7-9-21(10-8-17)16-29-22-13-11-20(12-14-22)15-23-25(28)27(26(30)31-23)24-18(2)5-4-6-19(24)3/h4-15H,16H2,1-3H3/b23-15-. The molecule has 0 bridgehead atoms. The van der Waals surface area contributed by atoms with Gasteiger partial charge >= 0.3 is 0 Å². The van der Waals surface area contributed by atoms with Crippen LogP contribution in [0.5, 0.6) is 5.75 Å². The van der Waals surface area contributed by atoms with Gasteiger partial charge in [0.2, 0.25) is 0 Å². The first kappa shape index (κ1) is 21.3. The quantitative estimate of drug-likeness (QED) is 0.327. The van der Waals surface area contributed by atoms with Gasteiger partial charge in [0.15, 0.2) is 4.32 Å². The molecule has 0 saturated carbocycles. The molecule has 0 atom stereocenters. The molecular formula is C26H23NO2S2. The lowest BCUT2D eigenvalue weighted by Crippen LogP contribution is -2.29. The monoisotopic (exact) mass is 445 g/mol. The number of para-hydroxylation sites is 1. The van der Waals surface area contributed by atoms with Crippen molar-refractivity contribution in [2.45, 2.75) is 27.4 Å². The Balaban J connectivity index is 1.48. The second-order valence-electron chi connectivity index (χ2n) is 7.60. The minimum absolute atomic E-state index is 0.0768. The van der Waals surface area contributed by atoms with E-state index in [0.29, 0.717) is 15.8 Å². The predicted molar refractivity (Wildman–Crippen MR) is 134 cm³/mol. The Kier molecular flexibility index (Phi) is 6.25. The Bertz CT molecular complexity index is 1140. The van der Waals surface area contributed by atoms with Crippen molar-refractivity contribution in [1.29, 1.82) is 0 Å². The lowest BCUT2D eigenvalue weighted by atomic mass is 10.1. The zero-order valence-electron chi connectivity index (χ0n) is 17.7. The third-order valence-corrected chi connectivity index (χ3v) is 6.46. The van der Waals surface area contributed by atoms with Crippen LogP contribution < -0.4 is 9.64 Å². The highest BCUT2D eigenvalue weighted by molar-refractivity contribution is 8.27. The zero-order valence-corrected chi connectivity index (χ0v) is 19.3. The van der Waals surface area contributed by atoms with Crippen LogP contribution in [0.4, 0.5) is 5.69 Å². The molecule has 5 heteroatoms. The number of carbonyl (C=O) groups is 1. The van der Waals surface area contributed by atoms with Crippen LogP contribution in [0.15, 0.2) is 71.6 Å². The number of carbonyl (C=O) groups excluding carboxylic acids is 1. The van der Waals surface area contributed by atoms with Crippen molar-refractivity contribution >= 4 is 46.0 Å². The number of hydrogen-bond acceptors (Lipinski definition) is 4. The smallest absolute Gasteiger partial charge is 0.270 e. The van der Waals surface area contributed by atoms with E-state index in [-0.39, 0.29) is 5.91 Å². The lowest BCUT2D eigenvalue weighted by Gasteiger charge is -2.19. The van der Waals surface area contributed by atoms with Gasteiger partial charge in [-0.2, -0.15) is 0 Å². The van der Waals surface area contributed by atoms with Gasteiger partial charge < -0.3 is 4.74 Å². The van der Waals surface area contributed by atoms with E-state index in [0.717, 1.165) is 33.7 Å². The summed E-state index contributed by atoms with van der Waals surface area (Å²) < 4.78 is 6.44. The number of aryl methyl sites for hydroxylation is 3. The molecule has 4 rings (SSSR count). The molecule has 0 spiro atoms. The molecule has 0 N–H and O–H groups in total. The molecule has 1 amide bonds. The largest absolute Gasteiger partial charge is 0.489 e. The molecule has 0 radical (unpaired) electrons. The van der Waals surface area contributed by atoms with E-state index in [1.807, 2.05) is 62.4 Å². The number of benzene rings is 3. The fourth-order valence-electron chi connectivity index (χ4n) is 3.48. The maximum Gasteiger partial charge on any atom is 0.270 e. The Morgan fingerprint density at radius 1 is 0.935 bits per heavy atom. The van der Waals surface area contributed by atoms with E-state index >= 15 is 0 Å². The second-order valence-corrected chi connectivity index (χ2v) is 9.28. The summed E-state index contributed by atoms with van der Waals surface area (Å²) in [5.41, 5.74) is 6.25. The Morgan fingerprint density at radius 2 is 1.58 bits per heavy atom. The van der Waals surface area contributed by atoms with Crippen molar-refractivity contribution in [2.75, 3.05) is 4.90 Å².